The molecule has 0 heterocycles. The Morgan fingerprint density at radius 2 is 1.93 bits per heavy atom. The number of fused-ring (bicyclic) bond motifs is 1. The van der Waals surface area contributed by atoms with E-state index in [1.807, 2.05) is 24.3 Å². The van der Waals surface area contributed by atoms with Crippen LogP contribution in [0.2, 0.25) is 0 Å². The molecule has 0 amide bonds. The van der Waals surface area contributed by atoms with Crippen molar-refractivity contribution >= 4 is 0 Å². The zero-order chi connectivity index (χ0) is 10.9. The molecule has 0 saturated carbocycles. The van der Waals surface area contributed by atoms with Gasteiger partial charge < -0.3 is 14.6 Å². The van der Waals surface area contributed by atoms with Gasteiger partial charge in [-0.2, -0.15) is 0 Å². The van der Waals surface area contributed by atoms with Gasteiger partial charge in [0.15, 0.2) is 0 Å². The van der Waals surface area contributed by atoms with Crippen LogP contribution in [0.1, 0.15) is 17.5 Å². The summed E-state index contributed by atoms with van der Waals surface area (Å²) in [5, 5.41) is 10.0. The fourth-order valence-electron chi connectivity index (χ4n) is 2.32. The van der Waals surface area contributed by atoms with Crippen molar-refractivity contribution in [2.24, 2.45) is 0 Å². The van der Waals surface area contributed by atoms with Gasteiger partial charge in [0.1, 0.15) is 6.10 Å². The van der Waals surface area contributed by atoms with Gasteiger partial charge in [-0.3, -0.25) is 0 Å². The summed E-state index contributed by atoms with van der Waals surface area (Å²) in [6, 6.07) is 7.93. The predicted octanol–water partition coefficient (Wildman–Crippen LogP) is 1.44. The standard InChI is InChI=1S/C12H16O3/c1-14-12(15-2)10-6-4-3-5-9(10)7-8-11(12)13/h3-6,11,13H,7-8H2,1-2H3/t11-/m1/s1. The molecule has 1 aliphatic carbocycles. The second-order valence-corrected chi connectivity index (χ2v) is 3.79. The van der Waals surface area contributed by atoms with E-state index in [0.29, 0.717) is 6.42 Å². The number of aryl methyl sites for hydroxylation is 1. The maximum absolute atomic E-state index is 10.0. The first kappa shape index (κ1) is 10.6. The second kappa shape index (κ2) is 3.93. The van der Waals surface area contributed by atoms with Gasteiger partial charge in [0.05, 0.1) is 0 Å². The van der Waals surface area contributed by atoms with Crippen LogP contribution in [0.15, 0.2) is 24.3 Å². The molecule has 15 heavy (non-hydrogen) atoms. The first-order valence-corrected chi connectivity index (χ1v) is 5.11. The van der Waals surface area contributed by atoms with Gasteiger partial charge >= 0.3 is 0 Å². The van der Waals surface area contributed by atoms with Crippen LogP contribution < -0.4 is 0 Å². The fourth-order valence-corrected chi connectivity index (χ4v) is 2.32. The van der Waals surface area contributed by atoms with Gasteiger partial charge in [0, 0.05) is 19.8 Å². The molecule has 1 N–H and O–H groups in total. The number of rotatable bonds is 2. The number of hydrogen-bond donors (Lipinski definition) is 1. The molecule has 1 aromatic carbocycles. The Morgan fingerprint density at radius 1 is 1.27 bits per heavy atom. The summed E-state index contributed by atoms with van der Waals surface area (Å²) in [4.78, 5) is 0. The number of benzene rings is 1. The predicted molar refractivity (Wildman–Crippen MR) is 56.5 cm³/mol. The van der Waals surface area contributed by atoms with Gasteiger partial charge in [-0.25, -0.2) is 0 Å². The zero-order valence-electron chi connectivity index (χ0n) is 9.06. The van der Waals surface area contributed by atoms with Crippen molar-refractivity contribution in [3.8, 4) is 0 Å². The highest BCUT2D eigenvalue weighted by Crippen LogP contribution is 2.38. The normalized spacial score (nSPS) is 23.5. The van der Waals surface area contributed by atoms with Gasteiger partial charge in [0.2, 0.25) is 5.79 Å². The van der Waals surface area contributed by atoms with Crippen molar-refractivity contribution in [3.63, 3.8) is 0 Å². The van der Waals surface area contributed by atoms with Crippen LogP contribution in [0.25, 0.3) is 0 Å². The van der Waals surface area contributed by atoms with Gasteiger partial charge in [-0.15, -0.1) is 0 Å². The first-order valence-electron chi connectivity index (χ1n) is 5.11. The Hall–Kier alpha value is -0.900. The Labute approximate surface area is 89.6 Å². The lowest BCUT2D eigenvalue weighted by atomic mass is 9.84. The third-order valence-electron chi connectivity index (χ3n) is 3.13. The van der Waals surface area contributed by atoms with Gasteiger partial charge in [-0.05, 0) is 18.4 Å². The molecule has 3 nitrogen and oxygen atoms in total. The number of hydrogen-bond acceptors (Lipinski definition) is 3. The summed E-state index contributed by atoms with van der Waals surface area (Å²) in [5.74, 6) is -0.991. The third-order valence-corrected chi connectivity index (χ3v) is 3.13. The number of aliphatic hydroxyl groups excluding tert-OH is 1. The van der Waals surface area contributed by atoms with Crippen molar-refractivity contribution in [1.29, 1.82) is 0 Å². The fraction of sp³-hybridized carbons (Fsp3) is 0.500. The van der Waals surface area contributed by atoms with Gasteiger partial charge in [-0.1, -0.05) is 24.3 Å². The molecule has 0 bridgehead atoms. The maximum atomic E-state index is 10.0. The molecular weight excluding hydrogens is 192 g/mol. The van der Waals surface area contributed by atoms with Crippen LogP contribution in [0.5, 0.6) is 0 Å². The summed E-state index contributed by atoms with van der Waals surface area (Å²) >= 11 is 0. The van der Waals surface area contributed by atoms with Crippen molar-refractivity contribution in [1.82, 2.24) is 0 Å². The topological polar surface area (TPSA) is 38.7 Å². The average molecular weight is 208 g/mol. The SMILES string of the molecule is COC1(OC)c2ccccc2CC[C@H]1O. The molecular formula is C12H16O3. The number of methoxy groups -OCH3 is 2. The minimum atomic E-state index is -0.991. The summed E-state index contributed by atoms with van der Waals surface area (Å²) in [5.41, 5.74) is 2.13. The molecule has 0 saturated heterocycles. The Bertz CT molecular complexity index is 344. The zero-order valence-corrected chi connectivity index (χ0v) is 9.06. The average Bonchev–Trinajstić information content (AvgIpc) is 2.30. The van der Waals surface area contributed by atoms with Crippen LogP contribution in [-0.2, 0) is 21.7 Å². The van der Waals surface area contributed by atoms with Crippen LogP contribution in [0.4, 0.5) is 0 Å². The van der Waals surface area contributed by atoms with Crippen LogP contribution in [0, 0.1) is 0 Å². The molecule has 1 aliphatic rings. The molecule has 0 unspecified atom stereocenters. The van der Waals surface area contributed by atoms with E-state index in [2.05, 4.69) is 0 Å². The molecule has 0 aliphatic heterocycles. The molecule has 0 fully saturated rings. The second-order valence-electron chi connectivity index (χ2n) is 3.79. The lowest BCUT2D eigenvalue weighted by molar-refractivity contribution is -0.273. The van der Waals surface area contributed by atoms with Crippen LogP contribution >= 0.6 is 0 Å². The molecule has 0 aromatic heterocycles. The number of aliphatic hydroxyl groups is 1. The van der Waals surface area contributed by atoms with Crippen molar-refractivity contribution in [2.75, 3.05) is 14.2 Å². The van der Waals surface area contributed by atoms with E-state index in [1.54, 1.807) is 14.2 Å². The first-order chi connectivity index (χ1) is 7.24. The molecule has 0 spiro atoms. The van der Waals surface area contributed by atoms with Gasteiger partial charge in [0.25, 0.3) is 0 Å². The maximum Gasteiger partial charge on any atom is 0.221 e. The van der Waals surface area contributed by atoms with E-state index in [1.165, 1.54) is 5.56 Å². The summed E-state index contributed by atoms with van der Waals surface area (Å²) < 4.78 is 10.8. The molecule has 0 radical (unpaired) electrons. The Balaban J connectivity index is 2.54. The Morgan fingerprint density at radius 3 is 2.60 bits per heavy atom. The van der Waals surface area contributed by atoms with Crippen LogP contribution in [-0.4, -0.2) is 25.4 Å². The summed E-state index contributed by atoms with van der Waals surface area (Å²) in [6.07, 6.45) is 0.923. The summed E-state index contributed by atoms with van der Waals surface area (Å²) in [7, 11) is 3.13. The van der Waals surface area contributed by atoms with E-state index in [0.717, 1.165) is 12.0 Å². The van der Waals surface area contributed by atoms with E-state index in [9.17, 15) is 5.11 Å². The van der Waals surface area contributed by atoms with Crippen LogP contribution in [0.3, 0.4) is 0 Å². The molecule has 2 rings (SSSR count). The van der Waals surface area contributed by atoms with E-state index < -0.39 is 11.9 Å². The summed E-state index contributed by atoms with van der Waals surface area (Å²) in [6.45, 7) is 0. The lowest BCUT2D eigenvalue weighted by Crippen LogP contribution is -2.46. The third kappa shape index (κ3) is 1.47. The minimum absolute atomic E-state index is 0.609. The van der Waals surface area contributed by atoms with Crippen molar-refractivity contribution in [2.45, 2.75) is 24.7 Å². The highest BCUT2D eigenvalue weighted by molar-refractivity contribution is 5.34. The smallest absolute Gasteiger partial charge is 0.221 e. The van der Waals surface area contributed by atoms with Crippen molar-refractivity contribution < 1.29 is 14.6 Å². The Kier molecular flexibility index (Phi) is 2.78. The van der Waals surface area contributed by atoms with Crippen molar-refractivity contribution in [3.05, 3.63) is 35.4 Å². The highest BCUT2D eigenvalue weighted by Gasteiger charge is 2.44. The molecule has 82 valence electrons. The lowest BCUT2D eigenvalue weighted by Gasteiger charge is -2.40. The molecule has 1 aromatic rings. The highest BCUT2D eigenvalue weighted by atomic mass is 16.7. The number of ether oxygens (including phenoxy) is 2. The quantitative estimate of drug-likeness (QED) is 0.747. The molecule has 3 heteroatoms. The van der Waals surface area contributed by atoms with E-state index in [-0.39, 0.29) is 0 Å². The van der Waals surface area contributed by atoms with E-state index in [4.69, 9.17) is 9.47 Å². The van der Waals surface area contributed by atoms with E-state index >= 15 is 0 Å². The monoisotopic (exact) mass is 208 g/mol. The minimum Gasteiger partial charge on any atom is -0.387 e. The molecule has 1 atom stereocenters. The largest absolute Gasteiger partial charge is 0.387 e.